The quantitative estimate of drug-likeness (QED) is 0.535. The van der Waals surface area contributed by atoms with Crippen LogP contribution in [0.3, 0.4) is 0 Å². The van der Waals surface area contributed by atoms with Crippen molar-refractivity contribution < 1.29 is 23.9 Å². The van der Waals surface area contributed by atoms with Crippen molar-refractivity contribution in [1.29, 1.82) is 0 Å². The Morgan fingerprint density at radius 3 is 2.56 bits per heavy atom. The topological polar surface area (TPSA) is 97.0 Å². The lowest BCUT2D eigenvalue weighted by Gasteiger charge is -2.33. The van der Waals surface area contributed by atoms with Gasteiger partial charge < -0.3 is 25.0 Å². The van der Waals surface area contributed by atoms with Crippen molar-refractivity contribution in [3.63, 3.8) is 0 Å². The molecular formula is C25H28ClN3O5. The fourth-order valence-corrected chi connectivity index (χ4v) is 3.47. The molecule has 2 aromatic rings. The molecule has 1 heterocycles. The molecule has 1 aliphatic rings. The van der Waals surface area contributed by atoms with Gasteiger partial charge in [0.15, 0.2) is 6.61 Å². The Hall–Kier alpha value is -3.52. The molecule has 180 valence electrons. The summed E-state index contributed by atoms with van der Waals surface area (Å²) >= 11 is 5.85. The molecule has 9 heteroatoms. The number of amides is 3. The van der Waals surface area contributed by atoms with E-state index in [-0.39, 0.29) is 31.1 Å². The number of nitrogens with zero attached hydrogens (tertiary/aromatic N) is 1. The van der Waals surface area contributed by atoms with Crippen LogP contribution in [0, 0.1) is 5.92 Å². The van der Waals surface area contributed by atoms with Crippen LogP contribution in [-0.2, 0) is 14.3 Å². The van der Waals surface area contributed by atoms with Gasteiger partial charge in [-0.1, -0.05) is 37.6 Å². The lowest BCUT2D eigenvalue weighted by Crippen LogP contribution is -2.46. The lowest BCUT2D eigenvalue weighted by molar-refractivity contribution is -0.140. The summed E-state index contributed by atoms with van der Waals surface area (Å²) in [5, 5.41) is 6.19. The number of allylic oxidation sites excluding steroid dienone is 1. The first-order chi connectivity index (χ1) is 16.2. The Labute approximate surface area is 203 Å². The van der Waals surface area contributed by atoms with Gasteiger partial charge in [-0.25, -0.2) is 9.59 Å². The van der Waals surface area contributed by atoms with E-state index in [4.69, 9.17) is 21.1 Å². The summed E-state index contributed by atoms with van der Waals surface area (Å²) in [6, 6.07) is 12.6. The maximum absolute atomic E-state index is 12.9. The standard InChI is InChI=1S/C25H28ClN3O5/c1-15(2)13-34-24(31)22-16(3)29(4)25(32)28-23(22)17-6-5-7-19(12-17)27-21(30)14-33-20-10-8-18(26)9-11-20/h5-12,15,23H,13-14H2,1-4H3,(H,27,30)(H,28,32). The molecule has 0 aliphatic carbocycles. The van der Waals surface area contributed by atoms with Crippen molar-refractivity contribution in [2.24, 2.45) is 5.92 Å². The third-order valence-corrected chi connectivity index (χ3v) is 5.46. The number of carbonyl (C=O) groups is 3. The number of halogens is 1. The SMILES string of the molecule is CC1=C(C(=O)OCC(C)C)C(c2cccc(NC(=O)COc3ccc(Cl)cc3)c2)NC(=O)N1C. The maximum Gasteiger partial charge on any atom is 0.338 e. The van der Waals surface area contributed by atoms with E-state index in [9.17, 15) is 14.4 Å². The molecule has 0 spiro atoms. The van der Waals surface area contributed by atoms with Crippen LogP contribution < -0.4 is 15.4 Å². The highest BCUT2D eigenvalue weighted by Gasteiger charge is 2.35. The lowest BCUT2D eigenvalue weighted by atomic mass is 9.94. The van der Waals surface area contributed by atoms with Crippen LogP contribution in [0.1, 0.15) is 32.4 Å². The average molecular weight is 486 g/mol. The van der Waals surface area contributed by atoms with Crippen molar-refractivity contribution >= 4 is 35.2 Å². The Morgan fingerprint density at radius 1 is 1.18 bits per heavy atom. The Bertz CT molecular complexity index is 1100. The van der Waals surface area contributed by atoms with E-state index in [0.29, 0.717) is 33.3 Å². The van der Waals surface area contributed by atoms with Crippen molar-refractivity contribution in [3.05, 3.63) is 70.4 Å². The molecule has 0 aromatic heterocycles. The highest BCUT2D eigenvalue weighted by molar-refractivity contribution is 6.30. The summed E-state index contributed by atoms with van der Waals surface area (Å²) < 4.78 is 10.9. The summed E-state index contributed by atoms with van der Waals surface area (Å²) in [6.45, 7) is 5.68. The zero-order valence-electron chi connectivity index (χ0n) is 19.6. The molecule has 0 bridgehead atoms. The first-order valence-electron chi connectivity index (χ1n) is 10.9. The summed E-state index contributed by atoms with van der Waals surface area (Å²) in [4.78, 5) is 39.1. The number of hydrogen-bond acceptors (Lipinski definition) is 5. The van der Waals surface area contributed by atoms with Gasteiger partial charge in [-0.2, -0.15) is 0 Å². The Kier molecular flexibility index (Phi) is 8.17. The zero-order chi connectivity index (χ0) is 24.8. The summed E-state index contributed by atoms with van der Waals surface area (Å²) in [5.41, 5.74) is 1.99. The van der Waals surface area contributed by atoms with Crippen LogP contribution in [0.5, 0.6) is 5.75 Å². The Balaban J connectivity index is 1.76. The molecule has 3 amide bonds. The fourth-order valence-electron chi connectivity index (χ4n) is 3.34. The van der Waals surface area contributed by atoms with E-state index < -0.39 is 12.0 Å². The number of nitrogens with one attached hydrogen (secondary N) is 2. The number of urea groups is 1. The minimum absolute atomic E-state index is 0.174. The van der Waals surface area contributed by atoms with E-state index in [1.54, 1.807) is 62.5 Å². The normalized spacial score (nSPS) is 15.8. The number of carbonyl (C=O) groups excluding carboxylic acids is 3. The van der Waals surface area contributed by atoms with Crippen molar-refractivity contribution in [2.45, 2.75) is 26.8 Å². The zero-order valence-corrected chi connectivity index (χ0v) is 20.3. The van der Waals surface area contributed by atoms with Crippen LogP contribution >= 0.6 is 11.6 Å². The second-order valence-electron chi connectivity index (χ2n) is 8.35. The molecule has 2 aromatic carbocycles. The molecule has 1 aliphatic heterocycles. The number of anilines is 1. The van der Waals surface area contributed by atoms with Gasteiger partial charge in [0.1, 0.15) is 5.75 Å². The molecule has 0 fully saturated rings. The minimum atomic E-state index is -0.717. The molecule has 1 atom stereocenters. The third-order valence-electron chi connectivity index (χ3n) is 5.21. The molecule has 0 radical (unpaired) electrons. The second kappa shape index (κ2) is 11.1. The second-order valence-corrected chi connectivity index (χ2v) is 8.79. The Morgan fingerprint density at radius 2 is 1.88 bits per heavy atom. The maximum atomic E-state index is 12.9. The monoisotopic (exact) mass is 485 g/mol. The van der Waals surface area contributed by atoms with E-state index in [1.165, 1.54) is 4.90 Å². The van der Waals surface area contributed by atoms with E-state index in [0.717, 1.165) is 0 Å². The minimum Gasteiger partial charge on any atom is -0.484 e. The highest BCUT2D eigenvalue weighted by Crippen LogP contribution is 2.32. The van der Waals surface area contributed by atoms with Crippen LogP contribution in [0.15, 0.2) is 59.8 Å². The van der Waals surface area contributed by atoms with Gasteiger partial charge in [0.2, 0.25) is 0 Å². The number of rotatable bonds is 8. The van der Waals surface area contributed by atoms with Gasteiger partial charge in [0.25, 0.3) is 5.91 Å². The summed E-state index contributed by atoms with van der Waals surface area (Å²) in [7, 11) is 1.59. The van der Waals surface area contributed by atoms with Crippen molar-refractivity contribution in [1.82, 2.24) is 10.2 Å². The summed E-state index contributed by atoms with van der Waals surface area (Å²) in [6.07, 6.45) is 0. The van der Waals surface area contributed by atoms with Gasteiger partial charge in [-0.3, -0.25) is 4.79 Å². The molecular weight excluding hydrogens is 458 g/mol. The molecule has 2 N–H and O–H groups in total. The van der Waals surface area contributed by atoms with Gasteiger partial charge in [0.05, 0.1) is 18.2 Å². The van der Waals surface area contributed by atoms with Crippen LogP contribution in [0.25, 0.3) is 0 Å². The van der Waals surface area contributed by atoms with Crippen molar-refractivity contribution in [2.75, 3.05) is 25.6 Å². The molecule has 0 saturated heterocycles. The van der Waals surface area contributed by atoms with Crippen molar-refractivity contribution in [3.8, 4) is 5.75 Å². The number of esters is 1. The smallest absolute Gasteiger partial charge is 0.338 e. The predicted molar refractivity (Wildman–Crippen MR) is 130 cm³/mol. The molecule has 8 nitrogen and oxygen atoms in total. The van der Waals surface area contributed by atoms with Crippen LogP contribution in [-0.4, -0.2) is 43.1 Å². The number of benzene rings is 2. The van der Waals surface area contributed by atoms with Gasteiger partial charge in [0, 0.05) is 23.5 Å². The average Bonchev–Trinajstić information content (AvgIpc) is 2.80. The first-order valence-corrected chi connectivity index (χ1v) is 11.2. The molecule has 0 saturated carbocycles. The number of hydrogen-bond donors (Lipinski definition) is 2. The number of ether oxygens (including phenoxy) is 2. The third kappa shape index (κ3) is 6.29. The first kappa shape index (κ1) is 25.1. The summed E-state index contributed by atoms with van der Waals surface area (Å²) in [5.74, 6) is -0.156. The van der Waals surface area contributed by atoms with E-state index >= 15 is 0 Å². The van der Waals surface area contributed by atoms with E-state index in [2.05, 4.69) is 10.6 Å². The van der Waals surface area contributed by atoms with E-state index in [1.807, 2.05) is 13.8 Å². The largest absolute Gasteiger partial charge is 0.484 e. The molecule has 1 unspecified atom stereocenters. The predicted octanol–water partition coefficient (Wildman–Crippen LogP) is 4.53. The van der Waals surface area contributed by atoms with Crippen LogP contribution in [0.4, 0.5) is 10.5 Å². The van der Waals surface area contributed by atoms with Gasteiger partial charge in [-0.05, 0) is 54.8 Å². The highest BCUT2D eigenvalue weighted by atomic mass is 35.5. The molecule has 34 heavy (non-hydrogen) atoms. The fraction of sp³-hybridized carbons (Fsp3) is 0.320. The van der Waals surface area contributed by atoms with Gasteiger partial charge >= 0.3 is 12.0 Å². The van der Waals surface area contributed by atoms with Crippen LogP contribution in [0.2, 0.25) is 5.02 Å². The molecule has 3 rings (SSSR count). The van der Waals surface area contributed by atoms with Gasteiger partial charge in [-0.15, -0.1) is 0 Å².